The Kier molecular flexibility index (Phi) is 3.77. The topological polar surface area (TPSA) is 64.2 Å². The van der Waals surface area contributed by atoms with Crippen molar-refractivity contribution in [3.05, 3.63) is 45.7 Å². The molecule has 2 aliphatic rings. The maximum Gasteiger partial charge on any atom is 0.266 e. The van der Waals surface area contributed by atoms with Gasteiger partial charge in [0.05, 0.1) is 24.5 Å². The number of likely N-dealkylation sites (tertiary alicyclic amines) is 1. The van der Waals surface area contributed by atoms with Gasteiger partial charge in [0.2, 0.25) is 0 Å². The quantitative estimate of drug-likeness (QED) is 0.845. The van der Waals surface area contributed by atoms with Gasteiger partial charge >= 0.3 is 0 Å². The first-order chi connectivity index (χ1) is 11.2. The lowest BCUT2D eigenvalue weighted by atomic mass is 10.2. The van der Waals surface area contributed by atoms with Crippen LogP contribution in [0.2, 0.25) is 0 Å². The Morgan fingerprint density at radius 1 is 1.30 bits per heavy atom. The molecule has 6 nitrogen and oxygen atoms in total. The molecule has 23 heavy (non-hydrogen) atoms. The van der Waals surface area contributed by atoms with Crippen LogP contribution in [0.3, 0.4) is 0 Å². The van der Waals surface area contributed by atoms with E-state index in [1.165, 1.54) is 12.8 Å². The number of hydrogen-bond acceptors (Lipinski definition) is 5. The largest absolute Gasteiger partial charge is 0.360 e. The molecule has 0 bridgehead atoms. The minimum Gasteiger partial charge on any atom is -0.360 e. The average Bonchev–Trinajstić information content (AvgIpc) is 3.18. The maximum absolute atomic E-state index is 12.1. The van der Waals surface area contributed by atoms with Crippen LogP contribution in [0.5, 0.6) is 0 Å². The molecule has 0 N–H and O–H groups in total. The summed E-state index contributed by atoms with van der Waals surface area (Å²) in [7, 11) is 0. The molecule has 1 atom stereocenters. The highest BCUT2D eigenvalue weighted by Crippen LogP contribution is 2.38. The second-order valence-corrected chi connectivity index (χ2v) is 6.75. The van der Waals surface area contributed by atoms with E-state index in [4.69, 9.17) is 4.52 Å². The van der Waals surface area contributed by atoms with Crippen LogP contribution in [0.25, 0.3) is 0 Å². The fourth-order valence-corrected chi connectivity index (χ4v) is 3.39. The third-order valence-corrected chi connectivity index (χ3v) is 4.80. The number of hydrogen-bond donors (Lipinski definition) is 0. The zero-order valence-electron chi connectivity index (χ0n) is 13.4. The van der Waals surface area contributed by atoms with E-state index in [1.807, 2.05) is 19.1 Å². The second kappa shape index (κ2) is 5.92. The monoisotopic (exact) mass is 314 g/mol. The van der Waals surface area contributed by atoms with Crippen LogP contribution >= 0.6 is 0 Å². The van der Waals surface area contributed by atoms with Gasteiger partial charge in [0, 0.05) is 24.1 Å². The summed E-state index contributed by atoms with van der Waals surface area (Å²) < 4.78 is 6.99. The molecule has 0 spiro atoms. The van der Waals surface area contributed by atoms with Crippen LogP contribution < -0.4 is 5.56 Å². The lowest BCUT2D eigenvalue weighted by Gasteiger charge is -2.23. The van der Waals surface area contributed by atoms with Crippen molar-refractivity contribution in [2.75, 3.05) is 6.54 Å². The van der Waals surface area contributed by atoms with Crippen molar-refractivity contribution in [2.45, 2.75) is 57.7 Å². The molecule has 1 aliphatic heterocycles. The molecule has 6 heteroatoms. The molecule has 0 aromatic carbocycles. The Balaban J connectivity index is 1.48. The highest BCUT2D eigenvalue weighted by molar-refractivity contribution is 5.12. The van der Waals surface area contributed by atoms with Crippen molar-refractivity contribution in [2.24, 2.45) is 0 Å². The molecule has 2 aromatic heterocycles. The lowest BCUT2D eigenvalue weighted by Crippen LogP contribution is -2.36. The van der Waals surface area contributed by atoms with E-state index in [2.05, 4.69) is 15.2 Å². The van der Waals surface area contributed by atoms with Crippen molar-refractivity contribution in [1.82, 2.24) is 19.8 Å². The first kappa shape index (κ1) is 14.6. The highest BCUT2D eigenvalue weighted by Gasteiger charge is 2.28. The molecule has 4 rings (SSSR count). The summed E-state index contributed by atoms with van der Waals surface area (Å²) >= 11 is 0. The van der Waals surface area contributed by atoms with Crippen molar-refractivity contribution >= 4 is 0 Å². The summed E-state index contributed by atoms with van der Waals surface area (Å²) in [5, 5.41) is 8.54. The summed E-state index contributed by atoms with van der Waals surface area (Å²) in [5.41, 5.74) is 1.97. The van der Waals surface area contributed by atoms with E-state index in [1.54, 1.807) is 10.7 Å². The van der Waals surface area contributed by atoms with E-state index < -0.39 is 0 Å². The molecule has 0 amide bonds. The van der Waals surface area contributed by atoms with Crippen molar-refractivity contribution in [3.8, 4) is 0 Å². The van der Waals surface area contributed by atoms with E-state index >= 15 is 0 Å². The van der Waals surface area contributed by atoms with Crippen LogP contribution in [-0.4, -0.2) is 32.4 Å². The Morgan fingerprint density at radius 2 is 2.17 bits per heavy atom. The number of aromatic nitrogens is 3. The molecule has 1 aliphatic carbocycles. The molecule has 3 heterocycles. The fourth-order valence-electron chi connectivity index (χ4n) is 3.39. The average molecular weight is 314 g/mol. The predicted octanol–water partition coefficient (Wildman–Crippen LogP) is 2.08. The molecule has 1 saturated carbocycles. The van der Waals surface area contributed by atoms with E-state index in [0.29, 0.717) is 18.5 Å². The van der Waals surface area contributed by atoms with Gasteiger partial charge in [-0.1, -0.05) is 5.16 Å². The Bertz CT molecular complexity index is 747. The van der Waals surface area contributed by atoms with Gasteiger partial charge in [-0.05, 0) is 45.2 Å². The standard InChI is InChI=1S/C17H22N4O2/c1-12-9-15(23-19-12)11-20-8-2-3-14(20)10-21-17(22)7-6-16(18-21)13-4-5-13/h6-7,9,13-14H,2-5,8,10-11H2,1H3. The fraction of sp³-hybridized carbons (Fsp3) is 0.588. The number of aryl methyl sites for hydroxylation is 1. The summed E-state index contributed by atoms with van der Waals surface area (Å²) in [5.74, 6) is 1.46. The Hall–Kier alpha value is -1.95. The third kappa shape index (κ3) is 3.22. The molecule has 2 fully saturated rings. The Morgan fingerprint density at radius 3 is 2.91 bits per heavy atom. The molecular formula is C17H22N4O2. The van der Waals surface area contributed by atoms with Gasteiger partial charge in [-0.2, -0.15) is 5.10 Å². The van der Waals surface area contributed by atoms with E-state index in [-0.39, 0.29) is 5.56 Å². The molecule has 1 unspecified atom stereocenters. The van der Waals surface area contributed by atoms with Crippen LogP contribution in [0.15, 0.2) is 27.5 Å². The second-order valence-electron chi connectivity index (χ2n) is 6.75. The zero-order chi connectivity index (χ0) is 15.8. The van der Waals surface area contributed by atoms with Crippen molar-refractivity contribution in [1.29, 1.82) is 0 Å². The van der Waals surface area contributed by atoms with E-state index in [0.717, 1.165) is 43.1 Å². The van der Waals surface area contributed by atoms with Crippen LogP contribution in [0, 0.1) is 6.92 Å². The lowest BCUT2D eigenvalue weighted by molar-refractivity contribution is 0.193. The first-order valence-corrected chi connectivity index (χ1v) is 8.43. The third-order valence-electron chi connectivity index (χ3n) is 4.80. The van der Waals surface area contributed by atoms with E-state index in [9.17, 15) is 4.79 Å². The van der Waals surface area contributed by atoms with Crippen LogP contribution in [-0.2, 0) is 13.1 Å². The minimum atomic E-state index is -0.00300. The van der Waals surface area contributed by atoms with Gasteiger partial charge in [0.25, 0.3) is 5.56 Å². The number of nitrogens with zero attached hydrogens (tertiary/aromatic N) is 4. The van der Waals surface area contributed by atoms with Gasteiger partial charge in [0.1, 0.15) is 0 Å². The SMILES string of the molecule is Cc1cc(CN2CCCC2Cn2nc(C3CC3)ccc2=O)on1. The van der Waals surface area contributed by atoms with Crippen molar-refractivity contribution < 1.29 is 4.52 Å². The maximum atomic E-state index is 12.1. The van der Waals surface area contributed by atoms with Gasteiger partial charge in [-0.3, -0.25) is 9.69 Å². The van der Waals surface area contributed by atoms with Gasteiger partial charge in [-0.25, -0.2) is 4.68 Å². The zero-order valence-corrected chi connectivity index (χ0v) is 13.4. The number of rotatable bonds is 5. The van der Waals surface area contributed by atoms with Crippen molar-refractivity contribution in [3.63, 3.8) is 0 Å². The molecule has 1 saturated heterocycles. The van der Waals surface area contributed by atoms with Crippen LogP contribution in [0.4, 0.5) is 0 Å². The normalized spacial score (nSPS) is 21.9. The van der Waals surface area contributed by atoms with Gasteiger partial charge < -0.3 is 4.52 Å². The van der Waals surface area contributed by atoms with Crippen LogP contribution in [0.1, 0.15) is 48.7 Å². The Labute approximate surface area is 135 Å². The molecule has 122 valence electrons. The van der Waals surface area contributed by atoms with Gasteiger partial charge in [-0.15, -0.1) is 0 Å². The minimum absolute atomic E-state index is 0.00300. The summed E-state index contributed by atoms with van der Waals surface area (Å²) in [6.07, 6.45) is 4.64. The molecular weight excluding hydrogens is 292 g/mol. The highest BCUT2D eigenvalue weighted by atomic mass is 16.5. The summed E-state index contributed by atoms with van der Waals surface area (Å²) in [6, 6.07) is 5.87. The predicted molar refractivity (Wildman–Crippen MR) is 85.1 cm³/mol. The van der Waals surface area contributed by atoms with Gasteiger partial charge in [0.15, 0.2) is 5.76 Å². The summed E-state index contributed by atoms with van der Waals surface area (Å²) in [4.78, 5) is 14.5. The molecule has 0 radical (unpaired) electrons. The molecule has 2 aromatic rings. The summed E-state index contributed by atoms with van der Waals surface area (Å²) in [6.45, 7) is 4.37. The first-order valence-electron chi connectivity index (χ1n) is 8.43. The smallest absolute Gasteiger partial charge is 0.266 e.